The van der Waals surface area contributed by atoms with Crippen molar-refractivity contribution in [2.24, 2.45) is 10.1 Å². The normalized spacial score (nSPS) is 18.8. The Morgan fingerprint density at radius 1 is 1.28 bits per heavy atom. The summed E-state index contributed by atoms with van der Waals surface area (Å²) in [6, 6.07) is 11.5. The van der Waals surface area contributed by atoms with Gasteiger partial charge in [0.2, 0.25) is 0 Å². The highest BCUT2D eigenvalue weighted by Crippen LogP contribution is 2.29. The Morgan fingerprint density at radius 3 is 2.88 bits per heavy atom. The number of rotatable bonds is 1. The molecule has 0 aliphatic carbocycles. The standard InChI is InChI=1S/C17H14BrN5OS/c1-9-4-3-5-13(19-9)15-20-12-7-6-10(18)8-11(12)14-16(24)21-17(25-2)22-23(14)15/h3-8,15H,1-2H3,(H,21,22,24)/t15-/m0/s1. The molecule has 126 valence electrons. The number of nitrogens with one attached hydrogen (secondary N) is 1. The number of nitrogens with zero attached hydrogens (tertiary/aromatic N) is 4. The Hall–Kier alpha value is -2.19. The number of pyridine rings is 1. The van der Waals surface area contributed by atoms with Gasteiger partial charge in [0.15, 0.2) is 11.3 Å². The van der Waals surface area contributed by atoms with Gasteiger partial charge >= 0.3 is 0 Å². The number of hydrogen-bond donors (Lipinski definition) is 1. The second kappa shape index (κ2) is 6.27. The van der Waals surface area contributed by atoms with Gasteiger partial charge in [-0.2, -0.15) is 0 Å². The minimum Gasteiger partial charge on any atom is -0.298 e. The molecule has 0 spiro atoms. The van der Waals surface area contributed by atoms with E-state index in [0.717, 1.165) is 26.4 Å². The molecule has 2 aliphatic heterocycles. The summed E-state index contributed by atoms with van der Waals surface area (Å²) in [5.41, 5.74) is 2.13. The average Bonchev–Trinajstić information content (AvgIpc) is 2.60. The lowest BCUT2D eigenvalue weighted by Gasteiger charge is -2.33. The molecule has 4 rings (SSSR count). The largest absolute Gasteiger partial charge is 0.298 e. The van der Waals surface area contributed by atoms with Crippen molar-refractivity contribution in [3.05, 3.63) is 62.8 Å². The molecule has 0 unspecified atom stereocenters. The first-order chi connectivity index (χ1) is 12.1. The number of hydrazone groups is 1. The highest BCUT2D eigenvalue weighted by molar-refractivity contribution is 9.10. The van der Waals surface area contributed by atoms with E-state index in [4.69, 9.17) is 4.99 Å². The third-order valence-corrected chi connectivity index (χ3v) is 5.00. The zero-order valence-electron chi connectivity index (χ0n) is 13.5. The number of amidine groups is 1. The SMILES string of the molecule is CSC1=NN2C(=c3cc(Br)ccc3=N[C@@H]2c2cccc(C)n2)C(=O)N1. The molecule has 0 radical (unpaired) electrons. The lowest BCUT2D eigenvalue weighted by molar-refractivity contribution is -0.116. The van der Waals surface area contributed by atoms with Crippen molar-refractivity contribution in [1.29, 1.82) is 0 Å². The Balaban J connectivity index is 2.01. The minimum atomic E-state index is -0.475. The number of benzene rings is 1. The number of amides is 1. The molecule has 0 bridgehead atoms. The van der Waals surface area contributed by atoms with E-state index in [1.165, 1.54) is 11.8 Å². The van der Waals surface area contributed by atoms with Crippen LogP contribution < -0.4 is 15.9 Å². The zero-order chi connectivity index (χ0) is 17.6. The van der Waals surface area contributed by atoms with E-state index in [1.807, 2.05) is 49.6 Å². The summed E-state index contributed by atoms with van der Waals surface area (Å²) < 4.78 is 0.883. The average molecular weight is 416 g/mol. The van der Waals surface area contributed by atoms with Crippen LogP contribution in [0.3, 0.4) is 0 Å². The minimum absolute atomic E-state index is 0.189. The van der Waals surface area contributed by atoms with Crippen LogP contribution in [-0.2, 0) is 4.79 Å². The first kappa shape index (κ1) is 16.3. The van der Waals surface area contributed by atoms with Crippen molar-refractivity contribution in [1.82, 2.24) is 15.3 Å². The molecular formula is C17H14BrN5OS. The van der Waals surface area contributed by atoms with E-state index in [-0.39, 0.29) is 5.91 Å². The van der Waals surface area contributed by atoms with E-state index in [9.17, 15) is 4.79 Å². The molecule has 1 aromatic heterocycles. The molecule has 0 saturated heterocycles. The van der Waals surface area contributed by atoms with E-state index in [1.54, 1.807) is 5.01 Å². The molecule has 1 N–H and O–H groups in total. The number of aromatic nitrogens is 1. The Bertz CT molecular complexity index is 1040. The molecule has 1 atom stereocenters. The topological polar surface area (TPSA) is 70.0 Å². The number of aryl methyl sites for hydroxylation is 1. The summed E-state index contributed by atoms with van der Waals surface area (Å²) in [6.07, 6.45) is 1.40. The van der Waals surface area contributed by atoms with Gasteiger partial charge in [-0.05, 0) is 43.5 Å². The van der Waals surface area contributed by atoms with E-state index in [2.05, 4.69) is 31.3 Å². The van der Waals surface area contributed by atoms with Crippen molar-refractivity contribution in [2.45, 2.75) is 13.1 Å². The maximum atomic E-state index is 12.8. The van der Waals surface area contributed by atoms with Crippen LogP contribution in [0.15, 0.2) is 51.0 Å². The number of carbonyl (C=O) groups excluding carboxylic acids is 1. The third-order valence-electron chi connectivity index (χ3n) is 3.94. The van der Waals surface area contributed by atoms with Gasteiger partial charge in [-0.3, -0.25) is 20.1 Å². The fourth-order valence-corrected chi connectivity index (χ4v) is 3.57. The van der Waals surface area contributed by atoms with Crippen LogP contribution >= 0.6 is 27.7 Å². The molecule has 2 aromatic rings. The number of halogens is 1. The predicted molar refractivity (Wildman–Crippen MR) is 101 cm³/mol. The summed E-state index contributed by atoms with van der Waals surface area (Å²) >= 11 is 4.85. The third kappa shape index (κ3) is 2.85. The first-order valence-corrected chi connectivity index (χ1v) is 9.63. The molecule has 1 amide bonds. The van der Waals surface area contributed by atoms with Gasteiger partial charge in [0, 0.05) is 15.4 Å². The summed E-state index contributed by atoms with van der Waals surface area (Å²) in [6.45, 7) is 1.93. The lowest BCUT2D eigenvalue weighted by atomic mass is 10.1. The van der Waals surface area contributed by atoms with Gasteiger partial charge < -0.3 is 0 Å². The van der Waals surface area contributed by atoms with Crippen molar-refractivity contribution < 1.29 is 4.79 Å². The first-order valence-electron chi connectivity index (χ1n) is 7.61. The van der Waals surface area contributed by atoms with Crippen LogP contribution in [0.4, 0.5) is 0 Å². The number of carbonyl (C=O) groups is 1. The summed E-state index contributed by atoms with van der Waals surface area (Å²) in [5.74, 6) is -0.189. The molecular weight excluding hydrogens is 402 g/mol. The molecule has 0 fully saturated rings. The highest BCUT2D eigenvalue weighted by Gasteiger charge is 2.34. The van der Waals surface area contributed by atoms with Gasteiger partial charge in [0.25, 0.3) is 5.91 Å². The van der Waals surface area contributed by atoms with Gasteiger partial charge in [-0.15, -0.1) is 5.10 Å². The second-order valence-electron chi connectivity index (χ2n) is 5.62. The number of hydrogen-bond acceptors (Lipinski definition) is 6. The highest BCUT2D eigenvalue weighted by atomic mass is 79.9. The van der Waals surface area contributed by atoms with Crippen LogP contribution in [-0.4, -0.2) is 27.3 Å². The predicted octanol–water partition coefficient (Wildman–Crippen LogP) is 1.66. The molecule has 0 saturated carbocycles. The smallest absolute Gasteiger partial charge is 0.276 e. The summed E-state index contributed by atoms with van der Waals surface area (Å²) in [7, 11) is 0. The Kier molecular flexibility index (Phi) is 4.09. The fraction of sp³-hybridized carbons (Fsp3) is 0.176. The van der Waals surface area contributed by atoms with Crippen LogP contribution in [0.2, 0.25) is 0 Å². The van der Waals surface area contributed by atoms with Crippen LogP contribution in [0.25, 0.3) is 5.70 Å². The van der Waals surface area contributed by atoms with Crippen molar-refractivity contribution in [3.63, 3.8) is 0 Å². The number of fused-ring (bicyclic) bond motifs is 2. The Morgan fingerprint density at radius 2 is 2.12 bits per heavy atom. The fourth-order valence-electron chi connectivity index (χ4n) is 2.84. The van der Waals surface area contributed by atoms with Gasteiger partial charge in [0.05, 0.1) is 11.1 Å². The maximum absolute atomic E-state index is 12.8. The maximum Gasteiger partial charge on any atom is 0.276 e. The molecule has 8 heteroatoms. The quantitative estimate of drug-likeness (QED) is 0.768. The molecule has 25 heavy (non-hydrogen) atoms. The van der Waals surface area contributed by atoms with Gasteiger partial charge in [0.1, 0.15) is 5.70 Å². The van der Waals surface area contributed by atoms with Crippen molar-refractivity contribution in [2.75, 3.05) is 6.26 Å². The molecule has 1 aromatic carbocycles. The molecule has 6 nitrogen and oxygen atoms in total. The summed E-state index contributed by atoms with van der Waals surface area (Å²) in [4.78, 5) is 22.2. The van der Waals surface area contributed by atoms with E-state index in [0.29, 0.717) is 10.9 Å². The molecule has 2 aliphatic rings. The van der Waals surface area contributed by atoms with Crippen LogP contribution in [0, 0.1) is 6.92 Å². The van der Waals surface area contributed by atoms with E-state index < -0.39 is 6.17 Å². The molecule has 3 heterocycles. The zero-order valence-corrected chi connectivity index (χ0v) is 15.9. The monoisotopic (exact) mass is 415 g/mol. The Labute approximate surface area is 156 Å². The van der Waals surface area contributed by atoms with E-state index >= 15 is 0 Å². The van der Waals surface area contributed by atoms with Crippen LogP contribution in [0.5, 0.6) is 0 Å². The lowest BCUT2D eigenvalue weighted by Crippen LogP contribution is -2.50. The summed E-state index contributed by atoms with van der Waals surface area (Å²) in [5, 5.41) is 11.1. The number of thioether (sulfide) groups is 1. The van der Waals surface area contributed by atoms with Crippen molar-refractivity contribution >= 4 is 44.5 Å². The van der Waals surface area contributed by atoms with Crippen LogP contribution in [0.1, 0.15) is 17.6 Å². The van der Waals surface area contributed by atoms with Gasteiger partial charge in [-0.25, -0.2) is 5.01 Å². The second-order valence-corrected chi connectivity index (χ2v) is 7.34. The van der Waals surface area contributed by atoms with Crippen molar-refractivity contribution in [3.8, 4) is 0 Å². The van der Waals surface area contributed by atoms with Gasteiger partial charge in [-0.1, -0.05) is 33.8 Å².